The van der Waals surface area contributed by atoms with Crippen LogP contribution in [0.4, 0.5) is 0 Å². The fourth-order valence-corrected chi connectivity index (χ4v) is 1.76. The Morgan fingerprint density at radius 2 is 2.22 bits per heavy atom. The van der Waals surface area contributed by atoms with Crippen LogP contribution in [0.3, 0.4) is 0 Å². The molecule has 1 heterocycles. The number of aliphatic imine (C=N–C) groups is 1. The van der Waals surface area contributed by atoms with E-state index in [4.69, 9.17) is 4.74 Å². The van der Waals surface area contributed by atoms with Crippen LogP contribution in [0.15, 0.2) is 22.5 Å². The number of nitrogens with one attached hydrogen (secondary N) is 1. The lowest BCUT2D eigenvalue weighted by atomic mass is 10.1. The molecule has 0 saturated carbocycles. The van der Waals surface area contributed by atoms with E-state index in [-0.39, 0.29) is 11.9 Å². The van der Waals surface area contributed by atoms with Crippen LogP contribution < -0.4 is 5.32 Å². The topological polar surface area (TPSA) is 50.7 Å². The summed E-state index contributed by atoms with van der Waals surface area (Å²) in [4.78, 5) is 16.9. The highest BCUT2D eigenvalue weighted by atomic mass is 32.1. The molecular weight excluding hydrogens is 248 g/mol. The maximum absolute atomic E-state index is 11.9. The standard InChI is InChI=1S/C13H20N2O2S/c1-5-17-13(14-10(4)9(2)3)15-12(16)11-7-6-8-18-11/h6-10H,5H2,1-4H3,(H,14,15,16)/t10-/m1/s1. The van der Waals surface area contributed by atoms with Gasteiger partial charge in [-0.2, -0.15) is 0 Å². The minimum atomic E-state index is -0.173. The van der Waals surface area contributed by atoms with Crippen molar-refractivity contribution < 1.29 is 9.53 Å². The molecule has 0 bridgehead atoms. The predicted molar refractivity (Wildman–Crippen MR) is 75.1 cm³/mol. The Kier molecular flexibility index (Phi) is 5.85. The first-order valence-electron chi connectivity index (χ1n) is 6.10. The monoisotopic (exact) mass is 268 g/mol. The zero-order valence-corrected chi connectivity index (χ0v) is 12.1. The van der Waals surface area contributed by atoms with Gasteiger partial charge in [-0.05, 0) is 31.2 Å². The van der Waals surface area contributed by atoms with E-state index in [1.807, 2.05) is 25.3 Å². The summed E-state index contributed by atoms with van der Waals surface area (Å²) in [6.07, 6.45) is 0. The van der Waals surface area contributed by atoms with E-state index in [1.165, 1.54) is 11.3 Å². The third-order valence-electron chi connectivity index (χ3n) is 2.53. The number of ether oxygens (including phenoxy) is 1. The summed E-state index contributed by atoms with van der Waals surface area (Å²) >= 11 is 1.39. The molecule has 1 aromatic rings. The molecule has 0 aliphatic heterocycles. The van der Waals surface area contributed by atoms with Crippen LogP contribution in [0.1, 0.15) is 37.4 Å². The highest BCUT2D eigenvalue weighted by molar-refractivity contribution is 7.12. The molecule has 100 valence electrons. The Balaban J connectivity index is 2.71. The molecular formula is C13H20N2O2S. The van der Waals surface area contributed by atoms with E-state index in [0.717, 1.165) is 0 Å². The van der Waals surface area contributed by atoms with E-state index < -0.39 is 0 Å². The van der Waals surface area contributed by atoms with Crippen molar-refractivity contribution >= 4 is 23.3 Å². The van der Waals surface area contributed by atoms with E-state index in [0.29, 0.717) is 23.4 Å². The van der Waals surface area contributed by atoms with Gasteiger partial charge in [-0.15, -0.1) is 11.3 Å². The van der Waals surface area contributed by atoms with Crippen molar-refractivity contribution in [3.05, 3.63) is 22.4 Å². The highest BCUT2D eigenvalue weighted by Crippen LogP contribution is 2.09. The molecule has 18 heavy (non-hydrogen) atoms. The molecule has 0 radical (unpaired) electrons. The third-order valence-corrected chi connectivity index (χ3v) is 3.40. The van der Waals surface area contributed by atoms with E-state index >= 15 is 0 Å². The van der Waals surface area contributed by atoms with Crippen LogP contribution in [0.2, 0.25) is 0 Å². The van der Waals surface area contributed by atoms with E-state index in [9.17, 15) is 4.79 Å². The van der Waals surface area contributed by atoms with Crippen molar-refractivity contribution in [2.45, 2.75) is 33.7 Å². The first-order valence-corrected chi connectivity index (χ1v) is 6.98. The second kappa shape index (κ2) is 7.16. The average molecular weight is 268 g/mol. The molecule has 4 nitrogen and oxygen atoms in total. The van der Waals surface area contributed by atoms with Crippen LogP contribution in [-0.2, 0) is 4.74 Å². The lowest BCUT2D eigenvalue weighted by Crippen LogP contribution is -2.33. The summed E-state index contributed by atoms with van der Waals surface area (Å²) in [5, 5.41) is 4.57. The molecule has 0 spiro atoms. The summed E-state index contributed by atoms with van der Waals surface area (Å²) in [6.45, 7) is 8.51. The zero-order chi connectivity index (χ0) is 13.5. The molecule has 1 amide bonds. The lowest BCUT2D eigenvalue weighted by molar-refractivity contribution is 0.0970. The maximum atomic E-state index is 11.9. The molecule has 5 heteroatoms. The molecule has 0 aliphatic carbocycles. The number of nitrogens with zero attached hydrogens (tertiary/aromatic N) is 1. The van der Waals surface area contributed by atoms with Crippen molar-refractivity contribution in [1.29, 1.82) is 0 Å². The molecule has 0 unspecified atom stereocenters. The second-order valence-corrected chi connectivity index (χ2v) is 5.23. The largest absolute Gasteiger partial charge is 0.465 e. The number of amidine groups is 1. The molecule has 0 saturated heterocycles. The van der Waals surface area contributed by atoms with Gasteiger partial charge in [0.1, 0.15) is 0 Å². The fourth-order valence-electron chi connectivity index (χ4n) is 1.14. The van der Waals surface area contributed by atoms with Gasteiger partial charge in [-0.25, -0.2) is 4.99 Å². The van der Waals surface area contributed by atoms with Crippen molar-refractivity contribution in [2.75, 3.05) is 6.61 Å². The van der Waals surface area contributed by atoms with Gasteiger partial charge in [0.05, 0.1) is 17.5 Å². The summed E-state index contributed by atoms with van der Waals surface area (Å²) in [5.74, 6) is 0.229. The van der Waals surface area contributed by atoms with Crippen molar-refractivity contribution in [1.82, 2.24) is 5.32 Å². The van der Waals surface area contributed by atoms with Crippen LogP contribution in [0, 0.1) is 5.92 Å². The summed E-state index contributed by atoms with van der Waals surface area (Å²) in [7, 11) is 0. The minimum Gasteiger partial charge on any atom is -0.465 e. The number of hydrogen-bond acceptors (Lipinski definition) is 4. The molecule has 1 N–H and O–H groups in total. The molecule has 1 rings (SSSR count). The Morgan fingerprint density at radius 1 is 1.50 bits per heavy atom. The molecule has 0 aromatic carbocycles. The number of thiophene rings is 1. The number of hydrogen-bond donors (Lipinski definition) is 1. The van der Waals surface area contributed by atoms with Crippen LogP contribution in [0.25, 0.3) is 0 Å². The Hall–Kier alpha value is -1.36. The van der Waals surface area contributed by atoms with Crippen LogP contribution >= 0.6 is 11.3 Å². The third kappa shape index (κ3) is 4.49. The maximum Gasteiger partial charge on any atom is 0.291 e. The normalized spacial score (nSPS) is 13.5. The fraction of sp³-hybridized carbons (Fsp3) is 0.538. The molecule has 0 aliphatic rings. The average Bonchev–Trinajstić information content (AvgIpc) is 2.82. The molecule has 0 fully saturated rings. The van der Waals surface area contributed by atoms with Gasteiger partial charge in [0.15, 0.2) is 0 Å². The predicted octanol–water partition coefficient (Wildman–Crippen LogP) is 2.91. The summed E-state index contributed by atoms with van der Waals surface area (Å²) in [6, 6.07) is 4.02. The first-order chi connectivity index (χ1) is 8.54. The van der Waals surface area contributed by atoms with Crippen molar-refractivity contribution in [2.24, 2.45) is 10.9 Å². The van der Waals surface area contributed by atoms with Crippen LogP contribution in [0.5, 0.6) is 0 Å². The quantitative estimate of drug-likeness (QED) is 0.674. The van der Waals surface area contributed by atoms with Crippen molar-refractivity contribution in [3.63, 3.8) is 0 Å². The van der Waals surface area contributed by atoms with E-state index in [2.05, 4.69) is 24.2 Å². The Morgan fingerprint density at radius 3 is 2.72 bits per heavy atom. The number of amides is 1. The number of carbonyl (C=O) groups excluding carboxylic acids is 1. The number of rotatable bonds is 4. The summed E-state index contributed by atoms with van der Waals surface area (Å²) < 4.78 is 5.35. The Bertz CT molecular complexity index is 399. The highest BCUT2D eigenvalue weighted by Gasteiger charge is 2.13. The lowest BCUT2D eigenvalue weighted by Gasteiger charge is -2.14. The van der Waals surface area contributed by atoms with Gasteiger partial charge in [-0.3, -0.25) is 10.1 Å². The first kappa shape index (κ1) is 14.7. The van der Waals surface area contributed by atoms with Gasteiger partial charge in [0, 0.05) is 0 Å². The zero-order valence-electron chi connectivity index (χ0n) is 11.3. The SMILES string of the molecule is CCOC(=N[C@H](C)C(C)C)NC(=O)c1cccs1. The van der Waals surface area contributed by atoms with Crippen LogP contribution in [-0.4, -0.2) is 24.6 Å². The smallest absolute Gasteiger partial charge is 0.291 e. The molecule has 1 atom stereocenters. The Labute approximate surface area is 112 Å². The van der Waals surface area contributed by atoms with Gasteiger partial charge >= 0.3 is 0 Å². The second-order valence-electron chi connectivity index (χ2n) is 4.28. The summed E-state index contributed by atoms with van der Waals surface area (Å²) in [5.41, 5.74) is 0. The van der Waals surface area contributed by atoms with Gasteiger partial charge in [-0.1, -0.05) is 19.9 Å². The van der Waals surface area contributed by atoms with Gasteiger partial charge in [0.25, 0.3) is 11.9 Å². The van der Waals surface area contributed by atoms with Gasteiger partial charge in [0.2, 0.25) is 0 Å². The molecule has 1 aromatic heterocycles. The number of carbonyl (C=O) groups is 1. The van der Waals surface area contributed by atoms with E-state index in [1.54, 1.807) is 6.07 Å². The van der Waals surface area contributed by atoms with Gasteiger partial charge < -0.3 is 4.74 Å². The minimum absolute atomic E-state index is 0.107. The van der Waals surface area contributed by atoms with Crippen molar-refractivity contribution in [3.8, 4) is 0 Å².